The van der Waals surface area contributed by atoms with Crippen LogP contribution in [0.2, 0.25) is 5.02 Å². The van der Waals surface area contributed by atoms with Crippen molar-refractivity contribution in [1.82, 2.24) is 9.97 Å². The van der Waals surface area contributed by atoms with Gasteiger partial charge in [0.1, 0.15) is 4.64 Å². The zero-order valence-corrected chi connectivity index (χ0v) is 9.69. The van der Waals surface area contributed by atoms with E-state index < -0.39 is 0 Å². The van der Waals surface area contributed by atoms with Crippen LogP contribution in [0.3, 0.4) is 0 Å². The van der Waals surface area contributed by atoms with E-state index in [1.54, 1.807) is 6.33 Å². The van der Waals surface area contributed by atoms with Crippen molar-refractivity contribution < 1.29 is 0 Å². The number of aromatic amines is 1. The number of nitrogens with one attached hydrogen (secondary N) is 1. The van der Waals surface area contributed by atoms with E-state index in [-0.39, 0.29) is 0 Å². The summed E-state index contributed by atoms with van der Waals surface area (Å²) in [6, 6.07) is 7.65. The maximum Gasteiger partial charge on any atom is 0.132 e. The van der Waals surface area contributed by atoms with Crippen molar-refractivity contribution in [3.8, 4) is 11.3 Å². The molecule has 1 aromatic carbocycles. The van der Waals surface area contributed by atoms with Crippen molar-refractivity contribution in [1.29, 1.82) is 0 Å². The Labute approximate surface area is 98.0 Å². The number of nitrogens with zero attached hydrogens (tertiary/aromatic N) is 1. The zero-order valence-electron chi connectivity index (χ0n) is 8.12. The van der Waals surface area contributed by atoms with Crippen molar-refractivity contribution in [3.63, 3.8) is 0 Å². The van der Waals surface area contributed by atoms with Crippen LogP contribution in [0.15, 0.2) is 30.6 Å². The lowest BCUT2D eigenvalue weighted by Crippen LogP contribution is -1.91. The second-order valence-corrected chi connectivity index (χ2v) is 3.98. The summed E-state index contributed by atoms with van der Waals surface area (Å²) >= 11 is 11.2. The number of benzene rings is 1. The molecule has 0 fully saturated rings. The van der Waals surface area contributed by atoms with Gasteiger partial charge in [-0.3, -0.25) is 0 Å². The number of hydrogen-bond donors (Lipinski definition) is 1. The van der Waals surface area contributed by atoms with Crippen LogP contribution in [0.1, 0.15) is 5.56 Å². The third-order valence-electron chi connectivity index (χ3n) is 2.23. The smallest absolute Gasteiger partial charge is 0.132 e. The molecule has 0 aliphatic carbocycles. The van der Waals surface area contributed by atoms with Crippen LogP contribution in [-0.2, 0) is 0 Å². The molecule has 2 nitrogen and oxygen atoms in total. The van der Waals surface area contributed by atoms with E-state index in [4.69, 9.17) is 23.8 Å². The molecule has 0 saturated heterocycles. The second-order valence-electron chi connectivity index (χ2n) is 3.19. The van der Waals surface area contributed by atoms with E-state index in [2.05, 4.69) is 9.97 Å². The van der Waals surface area contributed by atoms with Crippen molar-refractivity contribution in [2.45, 2.75) is 6.92 Å². The second kappa shape index (κ2) is 4.13. The maximum atomic E-state index is 6.11. The molecule has 76 valence electrons. The largest absolute Gasteiger partial charge is 0.345 e. The molecule has 0 bridgehead atoms. The molecule has 2 aromatic rings. The Morgan fingerprint density at radius 2 is 2.07 bits per heavy atom. The van der Waals surface area contributed by atoms with Gasteiger partial charge in [0.25, 0.3) is 0 Å². The SMILES string of the molecule is Cc1c(-c2ccccc2Cl)[nH]cnc1=S. The summed E-state index contributed by atoms with van der Waals surface area (Å²) in [6.07, 6.45) is 1.59. The Kier molecular flexibility index (Phi) is 2.84. The van der Waals surface area contributed by atoms with Crippen LogP contribution in [0.4, 0.5) is 0 Å². The summed E-state index contributed by atoms with van der Waals surface area (Å²) in [4.78, 5) is 7.08. The molecule has 0 spiro atoms. The minimum absolute atomic E-state index is 0.601. The van der Waals surface area contributed by atoms with E-state index in [1.807, 2.05) is 31.2 Å². The minimum Gasteiger partial charge on any atom is -0.345 e. The molecular weight excluding hydrogens is 228 g/mol. The first kappa shape index (κ1) is 10.3. The van der Waals surface area contributed by atoms with Crippen molar-refractivity contribution in [2.75, 3.05) is 0 Å². The first-order valence-corrected chi connectivity index (χ1v) is 5.28. The number of hydrogen-bond acceptors (Lipinski definition) is 2. The summed E-state index contributed by atoms with van der Waals surface area (Å²) in [5, 5.41) is 0.706. The number of H-pyrrole nitrogens is 1. The van der Waals surface area contributed by atoms with Gasteiger partial charge in [0.05, 0.1) is 12.0 Å². The highest BCUT2D eigenvalue weighted by Crippen LogP contribution is 2.27. The monoisotopic (exact) mass is 236 g/mol. The third-order valence-corrected chi connectivity index (χ3v) is 2.97. The molecule has 1 heterocycles. The minimum atomic E-state index is 0.601. The summed E-state index contributed by atoms with van der Waals surface area (Å²) in [6.45, 7) is 1.94. The third kappa shape index (κ3) is 1.94. The van der Waals surface area contributed by atoms with Gasteiger partial charge < -0.3 is 4.98 Å². The average molecular weight is 237 g/mol. The highest BCUT2D eigenvalue weighted by Gasteiger charge is 2.06. The average Bonchev–Trinajstić information content (AvgIpc) is 2.23. The topological polar surface area (TPSA) is 28.7 Å². The molecular formula is C11H9ClN2S. The molecule has 4 heteroatoms. The van der Waals surface area contributed by atoms with Crippen molar-refractivity contribution in [3.05, 3.63) is 45.8 Å². The molecule has 15 heavy (non-hydrogen) atoms. The number of halogens is 1. The molecule has 0 unspecified atom stereocenters. The molecule has 1 aromatic heterocycles. The van der Waals surface area contributed by atoms with Gasteiger partial charge in [-0.25, -0.2) is 4.98 Å². The van der Waals surface area contributed by atoms with E-state index in [1.165, 1.54) is 0 Å². The number of aromatic nitrogens is 2. The van der Waals surface area contributed by atoms with Gasteiger partial charge in [-0.1, -0.05) is 42.0 Å². The standard InChI is InChI=1S/C11H9ClN2S/c1-7-10(13-6-14-11(7)15)8-4-2-3-5-9(8)12/h2-6H,1H3,(H,13,14,15). The Balaban J connectivity index is 2.70. The van der Waals surface area contributed by atoms with Crippen molar-refractivity contribution >= 4 is 23.8 Å². The molecule has 0 amide bonds. The predicted molar refractivity (Wildman–Crippen MR) is 64.6 cm³/mol. The van der Waals surface area contributed by atoms with Gasteiger partial charge >= 0.3 is 0 Å². The zero-order chi connectivity index (χ0) is 10.8. The Morgan fingerprint density at radius 1 is 1.33 bits per heavy atom. The van der Waals surface area contributed by atoms with Crippen LogP contribution < -0.4 is 0 Å². The van der Waals surface area contributed by atoms with Crippen LogP contribution in [0.5, 0.6) is 0 Å². The van der Waals surface area contributed by atoms with E-state index >= 15 is 0 Å². The lowest BCUT2D eigenvalue weighted by Gasteiger charge is -2.06. The first-order valence-electron chi connectivity index (χ1n) is 4.49. The Bertz CT molecular complexity index is 548. The van der Waals surface area contributed by atoms with Gasteiger partial charge in [-0.15, -0.1) is 0 Å². The maximum absolute atomic E-state index is 6.11. The summed E-state index contributed by atoms with van der Waals surface area (Å²) in [5.74, 6) is 0. The van der Waals surface area contributed by atoms with E-state index in [0.717, 1.165) is 16.8 Å². The molecule has 0 aliphatic heterocycles. The van der Waals surface area contributed by atoms with Crippen LogP contribution in [-0.4, -0.2) is 9.97 Å². The summed E-state index contributed by atoms with van der Waals surface area (Å²) in [5.41, 5.74) is 2.83. The number of rotatable bonds is 1. The van der Waals surface area contributed by atoms with E-state index in [9.17, 15) is 0 Å². The highest BCUT2D eigenvalue weighted by molar-refractivity contribution is 7.71. The van der Waals surface area contributed by atoms with Crippen molar-refractivity contribution in [2.24, 2.45) is 0 Å². The highest BCUT2D eigenvalue weighted by atomic mass is 35.5. The summed E-state index contributed by atoms with van der Waals surface area (Å²) in [7, 11) is 0. The van der Waals surface area contributed by atoms with Gasteiger partial charge in [0.15, 0.2) is 0 Å². The lowest BCUT2D eigenvalue weighted by atomic mass is 10.1. The van der Waals surface area contributed by atoms with Gasteiger partial charge in [0.2, 0.25) is 0 Å². The van der Waals surface area contributed by atoms with Crippen LogP contribution in [0.25, 0.3) is 11.3 Å². The van der Waals surface area contributed by atoms with E-state index in [0.29, 0.717) is 9.66 Å². The quantitative estimate of drug-likeness (QED) is 0.764. The molecule has 2 rings (SSSR count). The predicted octanol–water partition coefficient (Wildman–Crippen LogP) is 3.77. The molecule has 0 saturated carbocycles. The molecule has 1 N–H and O–H groups in total. The molecule has 0 radical (unpaired) electrons. The summed E-state index contributed by atoms with van der Waals surface area (Å²) < 4.78 is 0.601. The van der Waals surface area contributed by atoms with Crippen LogP contribution in [0, 0.1) is 11.6 Å². The normalized spacial score (nSPS) is 10.3. The first-order chi connectivity index (χ1) is 7.20. The van der Waals surface area contributed by atoms with Crippen LogP contribution >= 0.6 is 23.8 Å². The Morgan fingerprint density at radius 3 is 2.80 bits per heavy atom. The van der Waals surface area contributed by atoms with Gasteiger partial charge in [-0.05, 0) is 13.0 Å². The van der Waals surface area contributed by atoms with Gasteiger partial charge in [-0.2, -0.15) is 0 Å². The molecule has 0 atom stereocenters. The molecule has 0 aliphatic rings. The van der Waals surface area contributed by atoms with Gasteiger partial charge in [0, 0.05) is 16.1 Å². The fraction of sp³-hybridized carbons (Fsp3) is 0.0909. The fourth-order valence-corrected chi connectivity index (χ4v) is 1.80. The Hall–Kier alpha value is -1.19. The lowest BCUT2D eigenvalue weighted by molar-refractivity contribution is 1.12. The fourth-order valence-electron chi connectivity index (χ4n) is 1.41.